The minimum absolute atomic E-state index is 1.05. The molecule has 1 aliphatic rings. The molecule has 2 aromatic carbocycles. The second-order valence-electron chi connectivity index (χ2n) is 5.08. The van der Waals surface area contributed by atoms with E-state index in [0.717, 1.165) is 11.5 Å². The zero-order valence-corrected chi connectivity index (χ0v) is 12.9. The van der Waals surface area contributed by atoms with Gasteiger partial charge in [-0.1, -0.05) is 72.9 Å². The summed E-state index contributed by atoms with van der Waals surface area (Å²) in [5.41, 5.74) is 0. The summed E-state index contributed by atoms with van der Waals surface area (Å²) >= 11 is 0. The molecule has 1 heterocycles. The van der Waals surface area contributed by atoms with Gasteiger partial charge in [-0.25, -0.2) is 0 Å². The molecule has 0 N–H and O–H groups in total. The monoisotopic (exact) mass is 292 g/mol. The Morgan fingerprint density at radius 1 is 0.524 bits per heavy atom. The van der Waals surface area contributed by atoms with Crippen molar-refractivity contribution in [3.8, 4) is 0 Å². The predicted octanol–water partition coefficient (Wildman–Crippen LogP) is 5.59. The van der Waals surface area contributed by atoms with Gasteiger partial charge in [-0.15, -0.1) is 0 Å². The van der Waals surface area contributed by atoms with Crippen LogP contribution in [0.15, 0.2) is 107 Å². The third-order valence-corrected chi connectivity index (χ3v) is 7.63. The SMILES string of the molecule is C1=CC=CCS(c2ccccc2)(c2ccccc2)CC=C1. The number of hydrogen-bond acceptors (Lipinski definition) is 0. The molecule has 0 spiro atoms. The molecule has 0 fully saturated rings. The van der Waals surface area contributed by atoms with E-state index in [1.165, 1.54) is 9.79 Å². The van der Waals surface area contributed by atoms with Gasteiger partial charge >= 0.3 is 0 Å². The Bertz CT molecular complexity index is 591. The Labute approximate surface area is 128 Å². The third-order valence-electron chi connectivity index (χ3n) is 3.76. The van der Waals surface area contributed by atoms with Crippen LogP contribution in [0.2, 0.25) is 0 Å². The number of hydrogen-bond donors (Lipinski definition) is 0. The summed E-state index contributed by atoms with van der Waals surface area (Å²) in [5, 5.41) is 0. The molecule has 0 saturated heterocycles. The van der Waals surface area contributed by atoms with Gasteiger partial charge in [0.25, 0.3) is 0 Å². The maximum absolute atomic E-state index is 2.32. The second-order valence-corrected chi connectivity index (χ2v) is 8.46. The van der Waals surface area contributed by atoms with Crippen LogP contribution >= 0.6 is 10.0 Å². The van der Waals surface area contributed by atoms with Gasteiger partial charge in [-0.3, -0.25) is 0 Å². The van der Waals surface area contributed by atoms with Crippen molar-refractivity contribution in [3.05, 3.63) is 97.1 Å². The first-order valence-electron chi connectivity index (χ1n) is 7.29. The van der Waals surface area contributed by atoms with E-state index >= 15 is 0 Å². The smallest absolute Gasteiger partial charge is 0.00381 e. The summed E-state index contributed by atoms with van der Waals surface area (Å²) in [5.74, 6) is 2.19. The molecular formula is C20H20S. The van der Waals surface area contributed by atoms with Crippen LogP contribution in [0.25, 0.3) is 0 Å². The summed E-state index contributed by atoms with van der Waals surface area (Å²) in [7, 11) is -1.05. The van der Waals surface area contributed by atoms with Crippen LogP contribution in [0.1, 0.15) is 0 Å². The Balaban J connectivity index is 2.15. The molecule has 0 bridgehead atoms. The zero-order valence-electron chi connectivity index (χ0n) is 12.1. The van der Waals surface area contributed by atoms with E-state index in [-0.39, 0.29) is 0 Å². The van der Waals surface area contributed by atoms with Gasteiger partial charge in [0.05, 0.1) is 0 Å². The Kier molecular flexibility index (Phi) is 4.42. The highest BCUT2D eigenvalue weighted by molar-refractivity contribution is 8.34. The highest BCUT2D eigenvalue weighted by Crippen LogP contribution is 2.62. The largest absolute Gasteiger partial charge is 0.180 e. The maximum Gasteiger partial charge on any atom is 0.00381 e. The lowest BCUT2D eigenvalue weighted by atomic mass is 10.4. The standard InChI is InChI=1S/C20H20S/c1-2-4-12-18-21(17-11-3-1,19-13-7-5-8-14-19)20-15-9-6-10-16-20/h1-16H,17-18H2. The van der Waals surface area contributed by atoms with Gasteiger partial charge in [-0.05, 0) is 34.1 Å². The molecule has 0 aliphatic carbocycles. The molecule has 0 atom stereocenters. The molecule has 2 aromatic rings. The lowest BCUT2D eigenvalue weighted by Gasteiger charge is -2.39. The molecule has 0 radical (unpaired) electrons. The Morgan fingerprint density at radius 2 is 0.952 bits per heavy atom. The van der Waals surface area contributed by atoms with Crippen LogP contribution < -0.4 is 0 Å². The quantitative estimate of drug-likeness (QED) is 0.676. The van der Waals surface area contributed by atoms with Gasteiger partial charge in [-0.2, -0.15) is 10.0 Å². The number of rotatable bonds is 2. The second kappa shape index (κ2) is 6.64. The normalized spacial score (nSPS) is 18.5. The molecule has 0 nitrogen and oxygen atoms in total. The predicted molar refractivity (Wildman–Crippen MR) is 94.2 cm³/mol. The van der Waals surface area contributed by atoms with E-state index < -0.39 is 10.0 Å². The zero-order chi connectivity index (χ0) is 14.4. The van der Waals surface area contributed by atoms with Crippen molar-refractivity contribution in [2.75, 3.05) is 11.5 Å². The van der Waals surface area contributed by atoms with Gasteiger partial charge in [0, 0.05) is 11.5 Å². The van der Waals surface area contributed by atoms with Crippen LogP contribution in [0, 0.1) is 0 Å². The van der Waals surface area contributed by atoms with E-state index in [2.05, 4.69) is 97.1 Å². The summed E-state index contributed by atoms with van der Waals surface area (Å²) in [4.78, 5) is 2.93. The molecule has 0 unspecified atom stereocenters. The fourth-order valence-electron chi connectivity index (χ4n) is 2.68. The molecule has 0 aromatic heterocycles. The van der Waals surface area contributed by atoms with Crippen molar-refractivity contribution in [1.82, 2.24) is 0 Å². The molecule has 3 rings (SSSR count). The minimum Gasteiger partial charge on any atom is -0.180 e. The summed E-state index contributed by atoms with van der Waals surface area (Å²) in [6.07, 6.45) is 13.2. The lowest BCUT2D eigenvalue weighted by Crippen LogP contribution is -2.09. The Morgan fingerprint density at radius 3 is 1.38 bits per heavy atom. The van der Waals surface area contributed by atoms with Crippen LogP contribution in [-0.2, 0) is 0 Å². The van der Waals surface area contributed by atoms with Crippen molar-refractivity contribution in [2.45, 2.75) is 9.79 Å². The van der Waals surface area contributed by atoms with Crippen LogP contribution in [0.5, 0.6) is 0 Å². The highest BCUT2D eigenvalue weighted by atomic mass is 32.3. The number of allylic oxidation sites excluding steroid dienone is 4. The molecule has 1 aliphatic heterocycles. The first kappa shape index (κ1) is 14.0. The minimum atomic E-state index is -1.05. The molecule has 1 heteroatoms. The molecule has 0 amide bonds. The van der Waals surface area contributed by atoms with Crippen molar-refractivity contribution in [2.24, 2.45) is 0 Å². The van der Waals surface area contributed by atoms with E-state index in [1.807, 2.05) is 0 Å². The third kappa shape index (κ3) is 3.03. The van der Waals surface area contributed by atoms with Gasteiger partial charge in [0.1, 0.15) is 0 Å². The van der Waals surface area contributed by atoms with E-state index in [1.54, 1.807) is 0 Å². The van der Waals surface area contributed by atoms with E-state index in [0.29, 0.717) is 0 Å². The highest BCUT2D eigenvalue weighted by Gasteiger charge is 2.26. The summed E-state index contributed by atoms with van der Waals surface area (Å²) < 4.78 is 0. The maximum atomic E-state index is 2.32. The topological polar surface area (TPSA) is 0 Å². The van der Waals surface area contributed by atoms with Crippen molar-refractivity contribution >= 4 is 10.0 Å². The van der Waals surface area contributed by atoms with Crippen LogP contribution in [0.4, 0.5) is 0 Å². The van der Waals surface area contributed by atoms with E-state index in [9.17, 15) is 0 Å². The first-order valence-corrected chi connectivity index (χ1v) is 9.26. The molecular weight excluding hydrogens is 272 g/mol. The van der Waals surface area contributed by atoms with Gasteiger partial charge in [0.15, 0.2) is 0 Å². The van der Waals surface area contributed by atoms with Crippen LogP contribution in [0.3, 0.4) is 0 Å². The first-order chi connectivity index (χ1) is 10.4. The lowest BCUT2D eigenvalue weighted by molar-refractivity contribution is 1.32. The molecule has 0 saturated carbocycles. The average Bonchev–Trinajstić information content (AvgIpc) is 2.69. The van der Waals surface area contributed by atoms with Crippen molar-refractivity contribution in [3.63, 3.8) is 0 Å². The molecule has 21 heavy (non-hydrogen) atoms. The van der Waals surface area contributed by atoms with Crippen molar-refractivity contribution in [1.29, 1.82) is 0 Å². The molecule has 106 valence electrons. The van der Waals surface area contributed by atoms with E-state index in [4.69, 9.17) is 0 Å². The average molecular weight is 292 g/mol. The van der Waals surface area contributed by atoms with Gasteiger partial charge < -0.3 is 0 Å². The fraction of sp³-hybridized carbons (Fsp3) is 0.100. The number of benzene rings is 2. The van der Waals surface area contributed by atoms with Crippen LogP contribution in [-0.4, -0.2) is 11.5 Å². The van der Waals surface area contributed by atoms with Crippen molar-refractivity contribution < 1.29 is 0 Å². The summed E-state index contributed by atoms with van der Waals surface area (Å²) in [6, 6.07) is 22.0. The Hall–Kier alpha value is -1.99. The van der Waals surface area contributed by atoms with Gasteiger partial charge in [0.2, 0.25) is 0 Å². The fourth-order valence-corrected chi connectivity index (χ4v) is 6.09. The summed E-state index contributed by atoms with van der Waals surface area (Å²) in [6.45, 7) is 0.